The van der Waals surface area contributed by atoms with Gasteiger partial charge in [0.15, 0.2) is 0 Å². The molecular formula is C32H34F3N3O. The average molecular weight is 534 g/mol. The van der Waals surface area contributed by atoms with Crippen LogP contribution in [0.2, 0.25) is 0 Å². The number of aromatic amines is 1. The van der Waals surface area contributed by atoms with E-state index in [4.69, 9.17) is 10.1 Å². The Morgan fingerprint density at radius 1 is 1.10 bits per heavy atom. The first kappa shape index (κ1) is 27.0. The molecule has 1 aliphatic rings. The van der Waals surface area contributed by atoms with Crippen LogP contribution in [-0.4, -0.2) is 17.2 Å². The molecule has 1 aliphatic carbocycles. The van der Waals surface area contributed by atoms with Crippen molar-refractivity contribution in [3.05, 3.63) is 94.7 Å². The first-order valence-electron chi connectivity index (χ1n) is 13.5. The van der Waals surface area contributed by atoms with Gasteiger partial charge in [-0.2, -0.15) is 13.2 Å². The van der Waals surface area contributed by atoms with Gasteiger partial charge in [0.05, 0.1) is 5.56 Å². The van der Waals surface area contributed by atoms with E-state index in [1.54, 1.807) is 13.0 Å². The minimum Gasteiger partial charge on any atom is -0.457 e. The predicted molar refractivity (Wildman–Crippen MR) is 150 cm³/mol. The van der Waals surface area contributed by atoms with Crippen LogP contribution in [0.4, 0.5) is 13.2 Å². The predicted octanol–water partition coefficient (Wildman–Crippen LogP) is 8.39. The second-order valence-corrected chi connectivity index (χ2v) is 10.8. The zero-order valence-corrected chi connectivity index (χ0v) is 22.5. The molecule has 2 unspecified atom stereocenters. The van der Waals surface area contributed by atoms with Crippen molar-refractivity contribution in [1.82, 2.24) is 10.3 Å². The molecule has 0 spiro atoms. The maximum Gasteiger partial charge on any atom is 0.417 e. The second-order valence-electron chi connectivity index (χ2n) is 10.8. The van der Waals surface area contributed by atoms with Crippen molar-refractivity contribution in [2.75, 3.05) is 6.54 Å². The van der Waals surface area contributed by atoms with Crippen LogP contribution in [0.5, 0.6) is 11.5 Å². The molecule has 1 aromatic heterocycles. The fraction of sp³-hybridized carbons (Fsp3) is 0.344. The zero-order valence-electron chi connectivity index (χ0n) is 22.5. The molecule has 4 aromatic rings. The van der Waals surface area contributed by atoms with Crippen molar-refractivity contribution in [3.8, 4) is 11.5 Å². The van der Waals surface area contributed by atoms with E-state index in [0.29, 0.717) is 11.7 Å². The summed E-state index contributed by atoms with van der Waals surface area (Å²) in [6, 6.07) is 18.1. The third-order valence-corrected chi connectivity index (χ3v) is 7.86. The Morgan fingerprint density at radius 3 is 2.64 bits per heavy atom. The highest BCUT2D eigenvalue weighted by Gasteiger charge is 2.38. The topological polar surface area (TPSA) is 60.9 Å². The molecule has 0 bridgehead atoms. The molecule has 0 saturated carbocycles. The van der Waals surface area contributed by atoms with Crippen LogP contribution in [0.15, 0.2) is 66.9 Å². The third-order valence-electron chi connectivity index (χ3n) is 7.86. The van der Waals surface area contributed by atoms with Crippen molar-refractivity contribution >= 4 is 16.6 Å². The number of rotatable bonds is 10. The minimum absolute atomic E-state index is 0.0486. The molecule has 0 radical (unpaired) electrons. The molecule has 0 aliphatic heterocycles. The monoisotopic (exact) mass is 533 g/mol. The number of benzene rings is 3. The van der Waals surface area contributed by atoms with Gasteiger partial charge in [0.2, 0.25) is 0 Å². The summed E-state index contributed by atoms with van der Waals surface area (Å²) >= 11 is 0. The van der Waals surface area contributed by atoms with Gasteiger partial charge in [-0.1, -0.05) is 32.0 Å². The Labute approximate surface area is 227 Å². The van der Waals surface area contributed by atoms with Crippen LogP contribution in [-0.2, 0) is 24.6 Å². The maximum absolute atomic E-state index is 13.7. The number of H-pyrrole nitrogens is 1. The van der Waals surface area contributed by atoms with Gasteiger partial charge in [0, 0.05) is 33.9 Å². The van der Waals surface area contributed by atoms with Crippen LogP contribution < -0.4 is 10.1 Å². The van der Waals surface area contributed by atoms with Crippen LogP contribution in [0.1, 0.15) is 61.4 Å². The smallest absolute Gasteiger partial charge is 0.417 e. The lowest BCUT2D eigenvalue weighted by Gasteiger charge is -2.43. The SMILES string of the molecule is CCC(=N)c1ccc(Oc2ccc3c(c2)C(C)(NCC(C)CCc2cccc4[nH]ccc24)C3)cc1C(F)(F)F. The quantitative estimate of drug-likeness (QED) is 0.179. The zero-order chi connectivity index (χ0) is 27.8. The maximum atomic E-state index is 13.7. The number of aryl methyl sites for hydroxylation is 1. The molecule has 2 atom stereocenters. The number of hydrogen-bond donors (Lipinski definition) is 3. The lowest BCUT2D eigenvalue weighted by atomic mass is 9.71. The number of aromatic nitrogens is 1. The second kappa shape index (κ2) is 10.5. The number of fused-ring (bicyclic) bond motifs is 2. The van der Waals surface area contributed by atoms with Crippen LogP contribution in [0, 0.1) is 11.3 Å². The normalized spacial score (nSPS) is 17.5. The summed E-state index contributed by atoms with van der Waals surface area (Å²) < 4.78 is 46.9. The summed E-state index contributed by atoms with van der Waals surface area (Å²) in [6.45, 7) is 6.96. The van der Waals surface area contributed by atoms with Gasteiger partial charge in [-0.25, -0.2) is 0 Å². The molecule has 4 nitrogen and oxygen atoms in total. The average Bonchev–Trinajstić information content (AvgIpc) is 3.40. The molecular weight excluding hydrogens is 499 g/mol. The minimum atomic E-state index is -4.57. The number of alkyl halides is 3. The molecule has 7 heteroatoms. The molecule has 3 aromatic carbocycles. The molecule has 0 saturated heterocycles. The Morgan fingerprint density at radius 2 is 1.87 bits per heavy atom. The van der Waals surface area contributed by atoms with Crippen molar-refractivity contribution in [2.24, 2.45) is 5.92 Å². The van der Waals surface area contributed by atoms with E-state index in [-0.39, 0.29) is 29.0 Å². The third kappa shape index (κ3) is 5.59. The Bertz CT molecular complexity index is 1510. The molecule has 3 N–H and O–H groups in total. The fourth-order valence-electron chi connectivity index (χ4n) is 5.50. The largest absolute Gasteiger partial charge is 0.457 e. The van der Waals surface area contributed by atoms with E-state index in [1.165, 1.54) is 34.2 Å². The van der Waals surface area contributed by atoms with Gasteiger partial charge in [0.25, 0.3) is 0 Å². The molecule has 0 amide bonds. The van der Waals surface area contributed by atoms with Crippen LogP contribution >= 0.6 is 0 Å². The van der Waals surface area contributed by atoms with E-state index < -0.39 is 11.7 Å². The molecule has 5 rings (SSSR count). The summed E-state index contributed by atoms with van der Waals surface area (Å²) in [5, 5.41) is 12.9. The summed E-state index contributed by atoms with van der Waals surface area (Å²) in [7, 11) is 0. The first-order valence-corrected chi connectivity index (χ1v) is 13.5. The highest BCUT2D eigenvalue weighted by Crippen LogP contribution is 2.42. The van der Waals surface area contributed by atoms with Crippen molar-refractivity contribution in [2.45, 2.75) is 58.2 Å². The summed E-state index contributed by atoms with van der Waals surface area (Å²) in [5.74, 6) is 1.08. The Balaban J connectivity index is 1.23. The van der Waals surface area contributed by atoms with E-state index in [2.05, 4.69) is 48.4 Å². The summed E-state index contributed by atoms with van der Waals surface area (Å²) in [4.78, 5) is 3.27. The molecule has 204 valence electrons. The lowest BCUT2D eigenvalue weighted by Crippen LogP contribution is -2.50. The van der Waals surface area contributed by atoms with Gasteiger partial charge >= 0.3 is 6.18 Å². The highest BCUT2D eigenvalue weighted by molar-refractivity contribution is 5.99. The Kier molecular flexibility index (Phi) is 7.29. The van der Waals surface area contributed by atoms with Gasteiger partial charge in [-0.05, 0) is 104 Å². The number of ether oxygens (including phenoxy) is 1. The van der Waals surface area contributed by atoms with E-state index in [9.17, 15) is 13.2 Å². The standard InChI is InChI=1S/C32H34F3N3O/c1-4-29(36)26-13-12-24(17-28(26)32(33,34)35)39-23-11-10-22-18-31(3,27(22)16-23)38-19-20(2)8-9-21-6-5-7-30-25(21)14-15-37-30/h5-7,10-17,20,36-38H,4,8-9,18-19H2,1-3H3. The van der Waals surface area contributed by atoms with Crippen molar-refractivity contribution < 1.29 is 17.9 Å². The number of nitrogens with one attached hydrogen (secondary N) is 3. The van der Waals surface area contributed by atoms with Crippen LogP contribution in [0.25, 0.3) is 10.9 Å². The van der Waals surface area contributed by atoms with E-state index in [0.717, 1.165) is 37.4 Å². The molecule has 0 fully saturated rings. The molecule has 39 heavy (non-hydrogen) atoms. The van der Waals surface area contributed by atoms with Gasteiger partial charge in [0.1, 0.15) is 11.5 Å². The number of hydrogen-bond acceptors (Lipinski definition) is 3. The van der Waals surface area contributed by atoms with Gasteiger partial charge in [-0.15, -0.1) is 0 Å². The summed E-state index contributed by atoms with van der Waals surface area (Å²) in [5.41, 5.74) is 3.65. The highest BCUT2D eigenvalue weighted by atomic mass is 19.4. The summed E-state index contributed by atoms with van der Waals surface area (Å²) in [6.07, 6.45) is 0.611. The van der Waals surface area contributed by atoms with E-state index in [1.807, 2.05) is 18.3 Å². The van der Waals surface area contributed by atoms with Crippen molar-refractivity contribution in [1.29, 1.82) is 5.41 Å². The molecule has 1 heterocycles. The van der Waals surface area contributed by atoms with Crippen LogP contribution in [0.3, 0.4) is 0 Å². The van der Waals surface area contributed by atoms with Gasteiger partial charge < -0.3 is 20.4 Å². The Hall–Kier alpha value is -3.58. The lowest BCUT2D eigenvalue weighted by molar-refractivity contribution is -0.137. The first-order chi connectivity index (χ1) is 18.6. The van der Waals surface area contributed by atoms with Crippen molar-refractivity contribution in [3.63, 3.8) is 0 Å². The number of halogens is 3. The van der Waals surface area contributed by atoms with E-state index >= 15 is 0 Å². The van der Waals surface area contributed by atoms with Gasteiger partial charge in [-0.3, -0.25) is 0 Å². The fourth-order valence-corrected chi connectivity index (χ4v) is 5.50.